The van der Waals surface area contributed by atoms with Gasteiger partial charge >= 0.3 is 0 Å². The number of thiazole rings is 1. The highest BCUT2D eigenvalue weighted by Gasteiger charge is 2.10. The summed E-state index contributed by atoms with van der Waals surface area (Å²) in [6, 6.07) is 7.46. The summed E-state index contributed by atoms with van der Waals surface area (Å²) in [6.07, 6.45) is 0. The monoisotopic (exact) mass is 322 g/mol. The number of carbonyl (C=O) groups is 1. The predicted molar refractivity (Wildman–Crippen MR) is 84.8 cm³/mol. The van der Waals surface area contributed by atoms with Crippen molar-refractivity contribution in [3.63, 3.8) is 0 Å². The molecule has 20 heavy (non-hydrogen) atoms. The van der Waals surface area contributed by atoms with Crippen LogP contribution in [-0.2, 0) is 7.05 Å². The van der Waals surface area contributed by atoms with E-state index >= 15 is 0 Å². The molecular weight excluding hydrogens is 312 g/mol. The minimum atomic E-state index is -0.203. The Hall–Kier alpha value is -1.43. The third-order valence-electron chi connectivity index (χ3n) is 2.98. The third kappa shape index (κ3) is 2.32. The van der Waals surface area contributed by atoms with Gasteiger partial charge in [-0.2, -0.15) is 4.99 Å². The van der Waals surface area contributed by atoms with Gasteiger partial charge in [-0.05, 0) is 36.1 Å². The van der Waals surface area contributed by atoms with E-state index in [4.69, 9.17) is 11.6 Å². The summed E-state index contributed by atoms with van der Waals surface area (Å²) in [5.74, 6) is -0.203. The fraction of sp³-hybridized carbons (Fsp3) is 0.143. The summed E-state index contributed by atoms with van der Waals surface area (Å²) >= 11 is 8.95. The molecule has 0 N–H and O–H groups in total. The van der Waals surface area contributed by atoms with E-state index in [2.05, 4.69) is 4.99 Å². The molecule has 2 aromatic heterocycles. The van der Waals surface area contributed by atoms with Crippen LogP contribution in [0.2, 0.25) is 5.02 Å². The molecule has 0 aliphatic heterocycles. The second-order valence-corrected chi connectivity index (χ2v) is 6.80. The maximum absolute atomic E-state index is 12.1. The topological polar surface area (TPSA) is 34.4 Å². The van der Waals surface area contributed by atoms with Crippen molar-refractivity contribution < 1.29 is 4.79 Å². The molecule has 3 rings (SSSR count). The number of hydrogen-bond donors (Lipinski definition) is 0. The molecule has 3 nitrogen and oxygen atoms in total. The maximum Gasteiger partial charge on any atom is 0.289 e. The molecule has 0 fully saturated rings. The zero-order valence-electron chi connectivity index (χ0n) is 10.9. The van der Waals surface area contributed by atoms with E-state index in [1.165, 1.54) is 22.7 Å². The normalized spacial score (nSPS) is 12.2. The fourth-order valence-corrected chi connectivity index (χ4v) is 4.19. The van der Waals surface area contributed by atoms with Crippen molar-refractivity contribution in [3.05, 3.63) is 49.9 Å². The highest BCUT2D eigenvalue weighted by atomic mass is 35.5. The van der Waals surface area contributed by atoms with E-state index < -0.39 is 0 Å². The van der Waals surface area contributed by atoms with Crippen molar-refractivity contribution >= 4 is 50.4 Å². The van der Waals surface area contributed by atoms with Gasteiger partial charge in [0.1, 0.15) is 0 Å². The first kappa shape index (κ1) is 13.5. The van der Waals surface area contributed by atoms with Crippen molar-refractivity contribution in [1.82, 2.24) is 4.57 Å². The predicted octanol–water partition coefficient (Wildman–Crippen LogP) is 4.00. The van der Waals surface area contributed by atoms with Gasteiger partial charge in [-0.1, -0.05) is 29.0 Å². The molecule has 1 aromatic carbocycles. The number of aryl methyl sites for hydroxylation is 2. The lowest BCUT2D eigenvalue weighted by Gasteiger charge is -2.00. The van der Waals surface area contributed by atoms with E-state index in [1.807, 2.05) is 42.1 Å². The van der Waals surface area contributed by atoms with Crippen LogP contribution in [0.4, 0.5) is 0 Å². The second-order valence-electron chi connectivity index (χ2n) is 4.41. The van der Waals surface area contributed by atoms with Gasteiger partial charge in [-0.3, -0.25) is 4.79 Å². The second kappa shape index (κ2) is 5.16. The van der Waals surface area contributed by atoms with E-state index in [0.717, 1.165) is 15.8 Å². The molecule has 6 heteroatoms. The Morgan fingerprint density at radius 2 is 2.20 bits per heavy atom. The van der Waals surface area contributed by atoms with Gasteiger partial charge in [0, 0.05) is 12.1 Å². The summed E-state index contributed by atoms with van der Waals surface area (Å²) in [5.41, 5.74) is 2.15. The molecule has 0 radical (unpaired) electrons. The van der Waals surface area contributed by atoms with Gasteiger partial charge < -0.3 is 4.57 Å². The van der Waals surface area contributed by atoms with Crippen LogP contribution in [0.1, 0.15) is 15.2 Å². The SMILES string of the molecule is Cc1cc(Cl)cc2sc(=NC(=O)c3cccs3)n(C)c12. The van der Waals surface area contributed by atoms with Crippen molar-refractivity contribution in [2.75, 3.05) is 0 Å². The molecule has 0 bridgehead atoms. The number of rotatable bonds is 1. The lowest BCUT2D eigenvalue weighted by atomic mass is 10.2. The number of amides is 1. The first-order chi connectivity index (χ1) is 9.56. The smallest absolute Gasteiger partial charge is 0.289 e. The van der Waals surface area contributed by atoms with E-state index in [-0.39, 0.29) is 5.91 Å². The molecule has 2 heterocycles. The van der Waals surface area contributed by atoms with E-state index in [1.54, 1.807) is 6.07 Å². The van der Waals surface area contributed by atoms with Crippen LogP contribution < -0.4 is 4.80 Å². The number of halogens is 1. The summed E-state index contributed by atoms with van der Waals surface area (Å²) in [7, 11) is 1.92. The quantitative estimate of drug-likeness (QED) is 0.666. The molecule has 102 valence electrons. The molecule has 0 saturated carbocycles. The number of nitrogens with zero attached hydrogens (tertiary/aromatic N) is 2. The van der Waals surface area contributed by atoms with Crippen molar-refractivity contribution in [2.24, 2.45) is 12.0 Å². The molecule has 0 spiro atoms. The number of fused-ring (bicyclic) bond motifs is 1. The third-order valence-corrected chi connectivity index (χ3v) is 5.14. The molecular formula is C14H11ClN2OS2. The average molecular weight is 323 g/mol. The first-order valence-electron chi connectivity index (χ1n) is 5.94. The average Bonchev–Trinajstić information content (AvgIpc) is 2.98. The van der Waals surface area contributed by atoms with E-state index in [9.17, 15) is 4.79 Å². The van der Waals surface area contributed by atoms with Crippen LogP contribution in [0.3, 0.4) is 0 Å². The number of hydrogen-bond acceptors (Lipinski definition) is 3. The van der Waals surface area contributed by atoms with Gasteiger partial charge in [-0.25, -0.2) is 0 Å². The van der Waals surface area contributed by atoms with Crippen LogP contribution in [0.25, 0.3) is 10.2 Å². The summed E-state index contributed by atoms with van der Waals surface area (Å²) in [6.45, 7) is 2.01. The van der Waals surface area contributed by atoms with Gasteiger partial charge in [0.05, 0.1) is 15.1 Å². The number of aromatic nitrogens is 1. The Morgan fingerprint density at radius 3 is 2.90 bits per heavy atom. The largest absolute Gasteiger partial charge is 0.319 e. The zero-order valence-corrected chi connectivity index (χ0v) is 13.3. The Morgan fingerprint density at radius 1 is 1.40 bits per heavy atom. The molecule has 0 atom stereocenters. The van der Waals surface area contributed by atoms with Gasteiger partial charge in [-0.15, -0.1) is 11.3 Å². The lowest BCUT2D eigenvalue weighted by Crippen LogP contribution is -2.13. The van der Waals surface area contributed by atoms with Crippen LogP contribution in [0.5, 0.6) is 0 Å². The number of thiophene rings is 1. The Bertz CT molecular complexity index is 859. The number of benzene rings is 1. The molecule has 0 unspecified atom stereocenters. The van der Waals surface area contributed by atoms with E-state index in [0.29, 0.717) is 14.7 Å². The summed E-state index contributed by atoms with van der Waals surface area (Å²) in [5, 5.41) is 2.57. The van der Waals surface area contributed by atoms with Gasteiger partial charge in [0.2, 0.25) is 0 Å². The summed E-state index contributed by atoms with van der Waals surface area (Å²) in [4.78, 5) is 17.6. The Balaban J connectivity index is 2.20. The van der Waals surface area contributed by atoms with Crippen LogP contribution in [0.15, 0.2) is 34.6 Å². The fourth-order valence-electron chi connectivity index (χ4n) is 2.11. The molecule has 0 saturated heterocycles. The van der Waals surface area contributed by atoms with Gasteiger partial charge in [0.25, 0.3) is 5.91 Å². The van der Waals surface area contributed by atoms with Crippen LogP contribution in [0, 0.1) is 6.92 Å². The minimum Gasteiger partial charge on any atom is -0.319 e. The standard InChI is InChI=1S/C14H11ClN2OS2/c1-8-6-9(15)7-11-12(8)17(2)14(20-11)16-13(18)10-4-3-5-19-10/h3-7H,1-2H3. The molecule has 0 aliphatic rings. The Labute approximate surface area is 128 Å². The van der Waals surface area contributed by atoms with Crippen LogP contribution >= 0.6 is 34.3 Å². The van der Waals surface area contributed by atoms with Crippen molar-refractivity contribution in [1.29, 1.82) is 0 Å². The maximum atomic E-state index is 12.1. The lowest BCUT2D eigenvalue weighted by molar-refractivity contribution is 0.100. The highest BCUT2D eigenvalue weighted by Crippen LogP contribution is 2.25. The molecule has 0 aliphatic carbocycles. The highest BCUT2D eigenvalue weighted by molar-refractivity contribution is 7.16. The Kier molecular flexibility index (Phi) is 3.50. The first-order valence-corrected chi connectivity index (χ1v) is 8.02. The van der Waals surface area contributed by atoms with Gasteiger partial charge in [0.15, 0.2) is 4.80 Å². The molecule has 3 aromatic rings. The van der Waals surface area contributed by atoms with Crippen molar-refractivity contribution in [3.8, 4) is 0 Å². The van der Waals surface area contributed by atoms with Crippen LogP contribution in [-0.4, -0.2) is 10.5 Å². The zero-order chi connectivity index (χ0) is 14.3. The minimum absolute atomic E-state index is 0.203. The van der Waals surface area contributed by atoms with Crippen molar-refractivity contribution in [2.45, 2.75) is 6.92 Å². The molecule has 1 amide bonds. The number of carbonyl (C=O) groups excluding carboxylic acids is 1. The summed E-state index contributed by atoms with van der Waals surface area (Å²) < 4.78 is 2.98.